The van der Waals surface area contributed by atoms with E-state index in [1.54, 1.807) is 23.9 Å². The number of fused-ring (bicyclic) bond motifs is 1. The number of nitrogens with one attached hydrogen (secondary N) is 1. The van der Waals surface area contributed by atoms with Crippen LogP contribution in [-0.4, -0.2) is 28.1 Å². The zero-order valence-electron chi connectivity index (χ0n) is 17.4. The Labute approximate surface area is 190 Å². The number of carbonyl (C=O) groups is 2. The fraction of sp³-hybridized carbons (Fsp3) is 0.174. The molecule has 0 spiro atoms. The van der Waals surface area contributed by atoms with Crippen LogP contribution in [0.3, 0.4) is 0 Å². The molecule has 4 aromatic rings. The number of carbonyl (C=O) groups excluding carboxylic acids is 2. The van der Waals surface area contributed by atoms with Gasteiger partial charge in [0.2, 0.25) is 5.91 Å². The number of aromatic nitrogens is 2. The number of halogens is 3. The predicted octanol–water partition coefficient (Wildman–Crippen LogP) is 4.22. The third-order valence-electron chi connectivity index (χ3n) is 4.99. The Hall–Kier alpha value is -3.66. The van der Waals surface area contributed by atoms with E-state index in [0.29, 0.717) is 17.5 Å². The third kappa shape index (κ3) is 4.90. The molecule has 0 aliphatic heterocycles. The molecule has 4 rings (SSSR count). The van der Waals surface area contributed by atoms with Crippen molar-refractivity contribution in [1.82, 2.24) is 15.1 Å². The maximum absolute atomic E-state index is 13.0. The first-order valence-corrected chi connectivity index (χ1v) is 10.7. The van der Waals surface area contributed by atoms with Gasteiger partial charge in [-0.3, -0.25) is 9.59 Å². The van der Waals surface area contributed by atoms with E-state index in [-0.39, 0.29) is 12.2 Å². The molecule has 6 nitrogen and oxygen atoms in total. The molecule has 0 radical (unpaired) electrons. The molecule has 2 aromatic heterocycles. The van der Waals surface area contributed by atoms with Crippen molar-refractivity contribution in [2.45, 2.75) is 19.5 Å². The van der Waals surface area contributed by atoms with Gasteiger partial charge in [0, 0.05) is 23.1 Å². The van der Waals surface area contributed by atoms with Gasteiger partial charge in [0.05, 0.1) is 22.5 Å². The molecule has 2 heterocycles. The van der Waals surface area contributed by atoms with Gasteiger partial charge in [-0.2, -0.15) is 18.3 Å². The predicted molar refractivity (Wildman–Crippen MR) is 119 cm³/mol. The van der Waals surface area contributed by atoms with E-state index in [0.717, 1.165) is 26.7 Å². The number of aryl methyl sites for hydroxylation is 1. The smallest absolute Gasteiger partial charge is 0.368 e. The fourth-order valence-electron chi connectivity index (χ4n) is 3.49. The van der Waals surface area contributed by atoms with Gasteiger partial charge in [-0.25, -0.2) is 4.68 Å². The normalized spacial score (nSPS) is 11.6. The molecule has 2 amide bonds. The maximum atomic E-state index is 13.0. The molecule has 0 fully saturated rings. The summed E-state index contributed by atoms with van der Waals surface area (Å²) in [6.45, 7) is 1.45. The van der Waals surface area contributed by atoms with Crippen LogP contribution < -0.4 is 11.1 Å². The molecular formula is C23H19F3N4O2S. The lowest BCUT2D eigenvalue weighted by atomic mass is 10.1. The summed E-state index contributed by atoms with van der Waals surface area (Å²) in [7, 11) is 0. The van der Waals surface area contributed by atoms with Gasteiger partial charge in [0.25, 0.3) is 5.91 Å². The van der Waals surface area contributed by atoms with Crippen molar-refractivity contribution >= 4 is 33.2 Å². The molecule has 33 heavy (non-hydrogen) atoms. The summed E-state index contributed by atoms with van der Waals surface area (Å²) in [5.74, 6) is -1.16. The van der Waals surface area contributed by atoms with Crippen LogP contribution in [0.5, 0.6) is 0 Å². The number of amides is 2. The van der Waals surface area contributed by atoms with E-state index >= 15 is 0 Å². The van der Waals surface area contributed by atoms with Crippen molar-refractivity contribution < 1.29 is 22.8 Å². The highest BCUT2D eigenvalue weighted by Crippen LogP contribution is 2.34. The van der Waals surface area contributed by atoms with Crippen LogP contribution in [0.15, 0.2) is 54.7 Å². The Balaban J connectivity index is 1.65. The second kappa shape index (κ2) is 8.70. The van der Waals surface area contributed by atoms with Crippen molar-refractivity contribution in [3.8, 4) is 5.69 Å². The number of thiophene rings is 1. The Morgan fingerprint density at radius 3 is 2.64 bits per heavy atom. The van der Waals surface area contributed by atoms with E-state index in [4.69, 9.17) is 5.73 Å². The highest BCUT2D eigenvalue weighted by Gasteiger charge is 2.30. The van der Waals surface area contributed by atoms with Crippen LogP contribution >= 0.6 is 11.3 Å². The average Bonchev–Trinajstić information content (AvgIpc) is 3.34. The second-order valence-electron chi connectivity index (χ2n) is 7.54. The molecule has 0 saturated carbocycles. The highest BCUT2D eigenvalue weighted by molar-refractivity contribution is 7.19. The van der Waals surface area contributed by atoms with E-state index in [2.05, 4.69) is 10.4 Å². The summed E-state index contributed by atoms with van der Waals surface area (Å²) >= 11 is 1.46. The number of hydrogen-bond acceptors (Lipinski definition) is 4. The number of primary amides is 1. The molecule has 2 aromatic carbocycles. The number of nitrogens with zero attached hydrogens (tertiary/aromatic N) is 2. The minimum atomic E-state index is -4.39. The fourth-order valence-corrected chi connectivity index (χ4v) is 4.68. The quantitative estimate of drug-likeness (QED) is 0.440. The lowest BCUT2D eigenvalue weighted by molar-refractivity contribution is -0.137. The molecule has 10 heteroatoms. The van der Waals surface area contributed by atoms with Gasteiger partial charge in [-0.1, -0.05) is 30.3 Å². The van der Waals surface area contributed by atoms with E-state index in [1.807, 2.05) is 24.3 Å². The van der Waals surface area contributed by atoms with Gasteiger partial charge in [-0.15, -0.1) is 11.3 Å². The van der Waals surface area contributed by atoms with Crippen LogP contribution in [0.4, 0.5) is 13.2 Å². The third-order valence-corrected chi connectivity index (χ3v) is 6.16. The number of alkyl halides is 3. The summed E-state index contributed by atoms with van der Waals surface area (Å²) in [5, 5.41) is 7.72. The van der Waals surface area contributed by atoms with E-state index in [1.165, 1.54) is 23.5 Å². The summed E-state index contributed by atoms with van der Waals surface area (Å²) in [6.07, 6.45) is -2.31. The Bertz CT molecular complexity index is 1360. The second-order valence-corrected chi connectivity index (χ2v) is 8.67. The van der Waals surface area contributed by atoms with Crippen LogP contribution in [0.25, 0.3) is 15.8 Å². The molecule has 0 saturated heterocycles. The summed E-state index contributed by atoms with van der Waals surface area (Å²) in [5.41, 5.74) is 6.50. The lowest BCUT2D eigenvalue weighted by Crippen LogP contribution is -2.33. The first kappa shape index (κ1) is 22.5. The Morgan fingerprint density at radius 1 is 1.15 bits per heavy atom. The summed E-state index contributed by atoms with van der Waals surface area (Å²) in [6, 6.07) is 12.9. The van der Waals surface area contributed by atoms with Gasteiger partial charge >= 0.3 is 6.18 Å². The van der Waals surface area contributed by atoms with Gasteiger partial charge in [-0.05, 0) is 36.1 Å². The van der Waals surface area contributed by atoms with Crippen molar-refractivity contribution in [2.75, 3.05) is 6.54 Å². The Kier molecular flexibility index (Phi) is 5.94. The van der Waals surface area contributed by atoms with Crippen molar-refractivity contribution in [3.63, 3.8) is 0 Å². The molecule has 0 unspecified atom stereocenters. The van der Waals surface area contributed by atoms with Gasteiger partial charge < -0.3 is 11.1 Å². The maximum Gasteiger partial charge on any atom is 0.416 e. The van der Waals surface area contributed by atoms with Crippen molar-refractivity contribution in [3.05, 3.63) is 82.0 Å². The zero-order valence-corrected chi connectivity index (χ0v) is 18.3. The van der Waals surface area contributed by atoms with Crippen LogP contribution in [0.2, 0.25) is 0 Å². The standard InChI is InChI=1S/C23H19F3N4O2S/c1-13-12-30(29-20(13)22(32)28-11-19(27)31)18-7-3-5-15-10-17(33-21(15)18)9-14-4-2-6-16(8-14)23(24,25)26/h2-8,10,12H,9,11H2,1H3,(H2,27,31)(H,28,32). The summed E-state index contributed by atoms with van der Waals surface area (Å²) < 4.78 is 41.6. The first-order valence-electron chi connectivity index (χ1n) is 9.92. The van der Waals surface area contributed by atoms with E-state index < -0.39 is 23.6 Å². The number of hydrogen-bond donors (Lipinski definition) is 2. The SMILES string of the molecule is Cc1cn(-c2cccc3cc(Cc4cccc(C(F)(F)F)c4)sc23)nc1C(=O)NCC(N)=O. The van der Waals surface area contributed by atoms with Crippen molar-refractivity contribution in [1.29, 1.82) is 0 Å². The van der Waals surface area contributed by atoms with Crippen LogP contribution in [-0.2, 0) is 17.4 Å². The minimum absolute atomic E-state index is 0.175. The molecule has 0 aliphatic rings. The van der Waals surface area contributed by atoms with E-state index in [9.17, 15) is 22.8 Å². The van der Waals surface area contributed by atoms with Gasteiger partial charge in [0.15, 0.2) is 5.69 Å². The van der Waals surface area contributed by atoms with Gasteiger partial charge in [0.1, 0.15) is 0 Å². The molecule has 3 N–H and O–H groups in total. The number of benzene rings is 2. The first-order chi connectivity index (χ1) is 15.6. The Morgan fingerprint density at radius 2 is 1.91 bits per heavy atom. The lowest BCUT2D eigenvalue weighted by Gasteiger charge is -2.08. The molecular weight excluding hydrogens is 453 g/mol. The van der Waals surface area contributed by atoms with Crippen LogP contribution in [0, 0.1) is 6.92 Å². The van der Waals surface area contributed by atoms with Crippen LogP contribution in [0.1, 0.15) is 32.1 Å². The van der Waals surface area contributed by atoms with Crippen molar-refractivity contribution in [2.24, 2.45) is 5.73 Å². The highest BCUT2D eigenvalue weighted by atomic mass is 32.1. The molecule has 170 valence electrons. The minimum Gasteiger partial charge on any atom is -0.368 e. The average molecular weight is 472 g/mol. The number of nitrogens with two attached hydrogens (primary N) is 1. The molecule has 0 bridgehead atoms. The monoisotopic (exact) mass is 472 g/mol. The largest absolute Gasteiger partial charge is 0.416 e. The zero-order chi connectivity index (χ0) is 23.8. The summed E-state index contributed by atoms with van der Waals surface area (Å²) in [4.78, 5) is 24.1. The topological polar surface area (TPSA) is 90.0 Å². The molecule has 0 atom stereocenters. The number of rotatable bonds is 6. The molecule has 0 aliphatic carbocycles.